The monoisotopic (exact) mass is 369 g/mol. The Kier molecular flexibility index (Phi) is 5.48. The van der Waals surface area contributed by atoms with E-state index in [0.717, 1.165) is 38.8 Å². The zero-order chi connectivity index (χ0) is 18.8. The molecule has 0 aromatic heterocycles. The number of benzene rings is 1. The molecule has 1 aliphatic carbocycles. The number of fused-ring (bicyclic) bond motifs is 1. The number of aryl methyl sites for hydroxylation is 1. The number of nitrogens with zero attached hydrogens (tertiary/aromatic N) is 2. The molecule has 146 valence electrons. The molecule has 1 aromatic rings. The van der Waals surface area contributed by atoms with E-state index in [9.17, 15) is 9.59 Å². The maximum atomic E-state index is 12.9. The van der Waals surface area contributed by atoms with Crippen LogP contribution in [0.5, 0.6) is 0 Å². The Balaban J connectivity index is 1.23. The Morgan fingerprint density at radius 3 is 2.41 bits per heavy atom. The predicted molar refractivity (Wildman–Crippen MR) is 105 cm³/mol. The van der Waals surface area contributed by atoms with E-state index < -0.39 is 0 Å². The summed E-state index contributed by atoms with van der Waals surface area (Å²) in [5.41, 5.74) is 7.40. The minimum Gasteiger partial charge on any atom is -0.343 e. The summed E-state index contributed by atoms with van der Waals surface area (Å²) in [7, 11) is 0. The molecule has 3 aliphatic rings. The summed E-state index contributed by atoms with van der Waals surface area (Å²) in [5, 5.41) is 0. The van der Waals surface area contributed by atoms with E-state index in [4.69, 9.17) is 5.73 Å². The molecular weight excluding hydrogens is 338 g/mol. The van der Waals surface area contributed by atoms with Gasteiger partial charge in [-0.25, -0.2) is 0 Å². The van der Waals surface area contributed by atoms with Crippen molar-refractivity contribution >= 4 is 11.8 Å². The molecule has 2 saturated heterocycles. The highest BCUT2D eigenvalue weighted by Gasteiger charge is 2.43. The van der Waals surface area contributed by atoms with Gasteiger partial charge in [0.2, 0.25) is 11.8 Å². The predicted octanol–water partition coefficient (Wildman–Crippen LogP) is 2.05. The quantitative estimate of drug-likeness (QED) is 0.883. The van der Waals surface area contributed by atoms with Crippen molar-refractivity contribution in [3.8, 4) is 0 Å². The SMILES string of the molecule is NC1CCC2CN(C(=O)C3CCN(C(=O)CCc4ccccc4)CC3)CC12. The van der Waals surface area contributed by atoms with Gasteiger partial charge in [-0.3, -0.25) is 9.59 Å². The van der Waals surface area contributed by atoms with Crippen LogP contribution in [0.3, 0.4) is 0 Å². The molecule has 3 fully saturated rings. The van der Waals surface area contributed by atoms with Crippen LogP contribution in [-0.2, 0) is 16.0 Å². The van der Waals surface area contributed by atoms with Crippen LogP contribution in [0.25, 0.3) is 0 Å². The number of carbonyl (C=O) groups excluding carboxylic acids is 2. The summed E-state index contributed by atoms with van der Waals surface area (Å²) in [5.74, 6) is 1.72. The van der Waals surface area contributed by atoms with Crippen molar-refractivity contribution in [1.29, 1.82) is 0 Å². The van der Waals surface area contributed by atoms with Gasteiger partial charge < -0.3 is 15.5 Å². The van der Waals surface area contributed by atoms with E-state index in [1.807, 2.05) is 23.1 Å². The van der Waals surface area contributed by atoms with E-state index >= 15 is 0 Å². The first-order valence-corrected chi connectivity index (χ1v) is 10.5. The zero-order valence-electron chi connectivity index (χ0n) is 16.1. The minimum atomic E-state index is 0.0817. The highest BCUT2D eigenvalue weighted by molar-refractivity contribution is 5.80. The number of amides is 2. The maximum Gasteiger partial charge on any atom is 0.225 e. The van der Waals surface area contributed by atoms with Crippen LogP contribution in [0.2, 0.25) is 0 Å². The van der Waals surface area contributed by atoms with Crippen LogP contribution < -0.4 is 5.73 Å². The lowest BCUT2D eigenvalue weighted by atomic mass is 9.94. The van der Waals surface area contributed by atoms with Crippen LogP contribution in [0, 0.1) is 17.8 Å². The first-order valence-electron chi connectivity index (χ1n) is 10.5. The summed E-state index contributed by atoms with van der Waals surface area (Å²) in [6.07, 6.45) is 5.22. The van der Waals surface area contributed by atoms with Crippen LogP contribution in [-0.4, -0.2) is 53.8 Å². The average molecular weight is 370 g/mol. The molecule has 0 radical (unpaired) electrons. The number of hydrogen-bond acceptors (Lipinski definition) is 3. The molecule has 2 N–H and O–H groups in total. The van der Waals surface area contributed by atoms with Crippen molar-refractivity contribution in [3.63, 3.8) is 0 Å². The second-order valence-electron chi connectivity index (χ2n) is 8.55. The molecular formula is C22H31N3O2. The molecule has 3 unspecified atom stereocenters. The maximum absolute atomic E-state index is 12.9. The van der Waals surface area contributed by atoms with Crippen LogP contribution in [0.4, 0.5) is 0 Å². The van der Waals surface area contributed by atoms with Gasteiger partial charge in [-0.05, 0) is 49.5 Å². The highest BCUT2D eigenvalue weighted by atomic mass is 16.2. The van der Waals surface area contributed by atoms with Gasteiger partial charge in [-0.2, -0.15) is 0 Å². The number of rotatable bonds is 4. The Morgan fingerprint density at radius 2 is 1.70 bits per heavy atom. The number of hydrogen-bond donors (Lipinski definition) is 1. The van der Waals surface area contributed by atoms with Crippen LogP contribution >= 0.6 is 0 Å². The molecule has 2 aliphatic heterocycles. The third-order valence-corrected chi connectivity index (χ3v) is 6.89. The van der Waals surface area contributed by atoms with Crippen molar-refractivity contribution in [1.82, 2.24) is 9.80 Å². The van der Waals surface area contributed by atoms with E-state index in [0.29, 0.717) is 37.3 Å². The first kappa shape index (κ1) is 18.5. The highest BCUT2D eigenvalue weighted by Crippen LogP contribution is 2.38. The fourth-order valence-electron chi connectivity index (χ4n) is 5.18. The van der Waals surface area contributed by atoms with Gasteiger partial charge in [0.25, 0.3) is 0 Å². The molecule has 5 heteroatoms. The number of piperidine rings is 1. The average Bonchev–Trinajstić information content (AvgIpc) is 3.29. The normalized spacial score (nSPS) is 28.4. The Morgan fingerprint density at radius 1 is 0.963 bits per heavy atom. The lowest BCUT2D eigenvalue weighted by Crippen LogP contribution is -2.44. The minimum absolute atomic E-state index is 0.0817. The third-order valence-electron chi connectivity index (χ3n) is 6.89. The summed E-state index contributed by atoms with van der Waals surface area (Å²) in [4.78, 5) is 29.4. The van der Waals surface area contributed by atoms with E-state index in [1.165, 1.54) is 12.0 Å². The molecule has 5 nitrogen and oxygen atoms in total. The third kappa shape index (κ3) is 4.03. The van der Waals surface area contributed by atoms with E-state index in [1.54, 1.807) is 0 Å². The molecule has 1 saturated carbocycles. The van der Waals surface area contributed by atoms with Crippen LogP contribution in [0.1, 0.15) is 37.7 Å². The zero-order valence-corrected chi connectivity index (χ0v) is 16.1. The standard InChI is InChI=1S/C22H31N3O2/c23-20-8-7-18-14-25(15-19(18)20)22(27)17-10-12-24(13-11-17)21(26)9-6-16-4-2-1-3-5-16/h1-5,17-20H,6-15,23H2. The molecule has 0 spiro atoms. The molecule has 4 rings (SSSR count). The summed E-state index contributed by atoms with van der Waals surface area (Å²) < 4.78 is 0. The van der Waals surface area contributed by atoms with Gasteiger partial charge in [-0.15, -0.1) is 0 Å². The van der Waals surface area contributed by atoms with Crippen molar-refractivity contribution in [3.05, 3.63) is 35.9 Å². The van der Waals surface area contributed by atoms with Crippen molar-refractivity contribution in [2.75, 3.05) is 26.2 Å². The summed E-state index contributed by atoms with van der Waals surface area (Å²) in [6.45, 7) is 3.17. The Labute approximate surface area is 161 Å². The lowest BCUT2D eigenvalue weighted by molar-refractivity contribution is -0.140. The van der Waals surface area contributed by atoms with Gasteiger partial charge in [0, 0.05) is 44.6 Å². The number of nitrogens with two attached hydrogens (primary N) is 1. The molecule has 2 amide bonds. The van der Waals surface area contributed by atoms with Crippen molar-refractivity contribution < 1.29 is 9.59 Å². The molecule has 1 aromatic carbocycles. The summed E-state index contributed by atoms with van der Waals surface area (Å²) in [6, 6.07) is 10.4. The fraction of sp³-hybridized carbons (Fsp3) is 0.636. The van der Waals surface area contributed by atoms with Crippen molar-refractivity contribution in [2.45, 2.75) is 44.6 Å². The van der Waals surface area contributed by atoms with Gasteiger partial charge in [0.05, 0.1) is 0 Å². The largest absolute Gasteiger partial charge is 0.343 e. The lowest BCUT2D eigenvalue weighted by Gasteiger charge is -2.33. The smallest absolute Gasteiger partial charge is 0.225 e. The van der Waals surface area contributed by atoms with Gasteiger partial charge in [0.15, 0.2) is 0 Å². The van der Waals surface area contributed by atoms with Crippen LogP contribution in [0.15, 0.2) is 30.3 Å². The molecule has 0 bridgehead atoms. The Hall–Kier alpha value is -1.88. The van der Waals surface area contributed by atoms with E-state index in [2.05, 4.69) is 17.0 Å². The first-order chi connectivity index (χ1) is 13.1. The molecule has 27 heavy (non-hydrogen) atoms. The van der Waals surface area contributed by atoms with E-state index in [-0.39, 0.29) is 17.9 Å². The van der Waals surface area contributed by atoms with Gasteiger partial charge in [0.1, 0.15) is 0 Å². The second kappa shape index (κ2) is 8.01. The van der Waals surface area contributed by atoms with Crippen molar-refractivity contribution in [2.24, 2.45) is 23.5 Å². The van der Waals surface area contributed by atoms with Gasteiger partial charge in [-0.1, -0.05) is 30.3 Å². The molecule has 3 atom stereocenters. The number of likely N-dealkylation sites (tertiary alicyclic amines) is 2. The molecule has 2 heterocycles. The topological polar surface area (TPSA) is 66.6 Å². The Bertz CT molecular complexity index is 669. The fourth-order valence-corrected chi connectivity index (χ4v) is 5.18. The van der Waals surface area contributed by atoms with Gasteiger partial charge >= 0.3 is 0 Å². The second-order valence-corrected chi connectivity index (χ2v) is 8.55. The number of carbonyl (C=O) groups is 2. The summed E-state index contributed by atoms with van der Waals surface area (Å²) >= 11 is 0.